The molecule has 2 amide bonds. The Hall–Kier alpha value is -2.86. The molecule has 1 N–H and O–H groups in total. The van der Waals surface area contributed by atoms with Crippen molar-refractivity contribution in [2.24, 2.45) is 5.92 Å². The molecule has 2 heterocycles. The number of hydrogen-bond donors (Lipinski definition) is 1. The van der Waals surface area contributed by atoms with Crippen molar-refractivity contribution in [1.29, 1.82) is 0 Å². The van der Waals surface area contributed by atoms with E-state index in [1.807, 2.05) is 29.2 Å². The van der Waals surface area contributed by atoms with Gasteiger partial charge in [-0.25, -0.2) is 0 Å². The molecular formula is C30H41N3O3. The van der Waals surface area contributed by atoms with E-state index in [1.54, 1.807) is 7.11 Å². The fourth-order valence-corrected chi connectivity index (χ4v) is 5.64. The predicted molar refractivity (Wildman–Crippen MR) is 143 cm³/mol. The fraction of sp³-hybridized carbons (Fsp3) is 0.533. The molecule has 0 aliphatic carbocycles. The SMILES string of the molecule is COc1cccc(CN2C(=O)[C@H](CC(C)C)NC(=O)C23CCN(CCCCc2ccccc2)CC3)c1. The lowest BCUT2D eigenvalue weighted by Crippen LogP contribution is -2.72. The lowest BCUT2D eigenvalue weighted by Gasteiger charge is -2.52. The van der Waals surface area contributed by atoms with Gasteiger partial charge < -0.3 is 19.9 Å². The molecule has 1 atom stereocenters. The van der Waals surface area contributed by atoms with Crippen molar-refractivity contribution in [3.05, 3.63) is 65.7 Å². The van der Waals surface area contributed by atoms with Gasteiger partial charge in [-0.1, -0.05) is 56.3 Å². The Kier molecular flexibility index (Phi) is 8.68. The van der Waals surface area contributed by atoms with Crippen LogP contribution in [-0.2, 0) is 22.6 Å². The molecule has 36 heavy (non-hydrogen) atoms. The molecule has 1 spiro atoms. The van der Waals surface area contributed by atoms with Gasteiger partial charge in [0.1, 0.15) is 17.3 Å². The maximum Gasteiger partial charge on any atom is 0.246 e. The van der Waals surface area contributed by atoms with Crippen molar-refractivity contribution in [3.8, 4) is 5.75 Å². The number of piperazine rings is 1. The van der Waals surface area contributed by atoms with Crippen LogP contribution in [0.1, 0.15) is 57.1 Å². The highest BCUT2D eigenvalue weighted by atomic mass is 16.5. The Balaban J connectivity index is 1.43. The second-order valence-electron chi connectivity index (χ2n) is 10.7. The number of unbranched alkanes of at least 4 members (excludes halogenated alkanes) is 1. The second kappa shape index (κ2) is 11.9. The van der Waals surface area contributed by atoms with Crippen LogP contribution >= 0.6 is 0 Å². The average Bonchev–Trinajstić information content (AvgIpc) is 2.89. The predicted octanol–water partition coefficient (Wildman–Crippen LogP) is 4.43. The van der Waals surface area contributed by atoms with Gasteiger partial charge in [0.15, 0.2) is 0 Å². The highest BCUT2D eigenvalue weighted by Crippen LogP contribution is 2.35. The van der Waals surface area contributed by atoms with Gasteiger partial charge in [-0.05, 0) is 74.2 Å². The van der Waals surface area contributed by atoms with E-state index in [9.17, 15) is 9.59 Å². The Morgan fingerprint density at radius 1 is 1.00 bits per heavy atom. The van der Waals surface area contributed by atoms with Gasteiger partial charge in [-0.2, -0.15) is 0 Å². The van der Waals surface area contributed by atoms with Crippen LogP contribution in [0.15, 0.2) is 54.6 Å². The van der Waals surface area contributed by atoms with Gasteiger partial charge in [0.2, 0.25) is 11.8 Å². The topological polar surface area (TPSA) is 61.9 Å². The molecule has 6 nitrogen and oxygen atoms in total. The van der Waals surface area contributed by atoms with Crippen LogP contribution < -0.4 is 10.1 Å². The fourth-order valence-electron chi connectivity index (χ4n) is 5.64. The van der Waals surface area contributed by atoms with Gasteiger partial charge >= 0.3 is 0 Å². The van der Waals surface area contributed by atoms with Crippen molar-refractivity contribution >= 4 is 11.8 Å². The largest absolute Gasteiger partial charge is 0.497 e. The lowest BCUT2D eigenvalue weighted by atomic mass is 9.80. The number of benzene rings is 2. The molecule has 0 bridgehead atoms. The Bertz CT molecular complexity index is 1020. The summed E-state index contributed by atoms with van der Waals surface area (Å²) in [4.78, 5) is 31.7. The smallest absolute Gasteiger partial charge is 0.246 e. The first-order valence-electron chi connectivity index (χ1n) is 13.4. The number of carbonyl (C=O) groups excluding carboxylic acids is 2. The maximum absolute atomic E-state index is 13.7. The highest BCUT2D eigenvalue weighted by molar-refractivity contribution is 6.00. The molecule has 2 aliphatic rings. The van der Waals surface area contributed by atoms with Crippen LogP contribution in [0.4, 0.5) is 0 Å². The summed E-state index contributed by atoms with van der Waals surface area (Å²) < 4.78 is 5.40. The molecule has 0 radical (unpaired) electrons. The first-order valence-corrected chi connectivity index (χ1v) is 13.4. The highest BCUT2D eigenvalue weighted by Gasteiger charge is 2.53. The summed E-state index contributed by atoms with van der Waals surface area (Å²) >= 11 is 0. The summed E-state index contributed by atoms with van der Waals surface area (Å²) in [6.45, 7) is 7.30. The number of amides is 2. The van der Waals surface area contributed by atoms with Crippen molar-refractivity contribution in [3.63, 3.8) is 0 Å². The number of likely N-dealkylation sites (tertiary alicyclic amines) is 1. The van der Waals surface area contributed by atoms with E-state index in [0.29, 0.717) is 31.7 Å². The van der Waals surface area contributed by atoms with E-state index in [4.69, 9.17) is 4.74 Å². The third-order valence-electron chi connectivity index (χ3n) is 7.71. The number of rotatable bonds is 10. The number of hydrogen-bond acceptors (Lipinski definition) is 4. The molecule has 2 fully saturated rings. The van der Waals surface area contributed by atoms with E-state index < -0.39 is 11.6 Å². The molecule has 2 aromatic rings. The van der Waals surface area contributed by atoms with Crippen molar-refractivity contribution < 1.29 is 14.3 Å². The minimum atomic E-state index is -0.784. The van der Waals surface area contributed by atoms with E-state index in [0.717, 1.165) is 50.2 Å². The van der Waals surface area contributed by atoms with Crippen LogP contribution in [0.25, 0.3) is 0 Å². The van der Waals surface area contributed by atoms with Crippen LogP contribution in [0.2, 0.25) is 0 Å². The minimum absolute atomic E-state index is 0.0133. The number of methoxy groups -OCH3 is 1. The Morgan fingerprint density at radius 3 is 2.42 bits per heavy atom. The molecule has 0 saturated carbocycles. The summed E-state index contributed by atoms with van der Waals surface area (Å²) in [6, 6.07) is 18.0. The third kappa shape index (κ3) is 6.09. The second-order valence-corrected chi connectivity index (χ2v) is 10.7. The van der Waals surface area contributed by atoms with Gasteiger partial charge in [-0.15, -0.1) is 0 Å². The number of piperidine rings is 1. The molecule has 2 aromatic carbocycles. The summed E-state index contributed by atoms with van der Waals surface area (Å²) in [5.41, 5.74) is 1.59. The summed E-state index contributed by atoms with van der Waals surface area (Å²) in [7, 11) is 1.65. The molecule has 0 aromatic heterocycles. The van der Waals surface area contributed by atoms with Crippen LogP contribution in [0.3, 0.4) is 0 Å². The van der Waals surface area contributed by atoms with Crippen LogP contribution in [-0.4, -0.2) is 59.9 Å². The standard InChI is InChI=1S/C30H41N3O3/c1-23(2)20-27-28(34)33(22-25-13-9-14-26(21-25)36-3)30(29(35)31-27)15-18-32(19-16-30)17-8-7-12-24-10-5-4-6-11-24/h4-6,9-11,13-14,21,23,27H,7-8,12,15-20,22H2,1-3H3,(H,31,35)/t27-/m0/s1. The van der Waals surface area contributed by atoms with Crippen molar-refractivity contribution in [1.82, 2.24) is 15.1 Å². The van der Waals surface area contributed by atoms with Gasteiger partial charge in [0, 0.05) is 19.6 Å². The monoisotopic (exact) mass is 491 g/mol. The summed E-state index contributed by atoms with van der Waals surface area (Å²) in [5.74, 6) is 1.14. The number of nitrogens with zero attached hydrogens (tertiary/aromatic N) is 2. The van der Waals surface area contributed by atoms with Gasteiger partial charge in [0.05, 0.1) is 7.11 Å². The first kappa shape index (κ1) is 26.2. The molecule has 4 rings (SSSR count). The number of carbonyl (C=O) groups is 2. The number of ether oxygens (including phenoxy) is 1. The normalized spacial score (nSPS) is 20.1. The number of aryl methyl sites for hydroxylation is 1. The number of nitrogens with one attached hydrogen (secondary N) is 1. The quantitative estimate of drug-likeness (QED) is 0.500. The molecule has 194 valence electrons. The minimum Gasteiger partial charge on any atom is -0.497 e. The molecule has 2 aliphatic heterocycles. The third-order valence-corrected chi connectivity index (χ3v) is 7.71. The van der Waals surface area contributed by atoms with E-state index in [2.05, 4.69) is 54.4 Å². The average molecular weight is 492 g/mol. The maximum atomic E-state index is 13.7. The zero-order chi connectivity index (χ0) is 25.5. The summed E-state index contributed by atoms with van der Waals surface area (Å²) in [6.07, 6.45) is 5.38. The van der Waals surface area contributed by atoms with Crippen LogP contribution in [0.5, 0.6) is 5.75 Å². The van der Waals surface area contributed by atoms with E-state index in [1.165, 1.54) is 5.56 Å². The molecule has 2 saturated heterocycles. The lowest BCUT2D eigenvalue weighted by molar-refractivity contribution is -0.162. The van der Waals surface area contributed by atoms with E-state index >= 15 is 0 Å². The molecule has 0 unspecified atom stereocenters. The Labute approximate surface area is 216 Å². The van der Waals surface area contributed by atoms with Crippen molar-refractivity contribution in [2.75, 3.05) is 26.7 Å². The van der Waals surface area contributed by atoms with E-state index in [-0.39, 0.29) is 11.8 Å². The van der Waals surface area contributed by atoms with Crippen molar-refractivity contribution in [2.45, 2.75) is 70.5 Å². The zero-order valence-electron chi connectivity index (χ0n) is 22.0. The van der Waals surface area contributed by atoms with Gasteiger partial charge in [-0.3, -0.25) is 9.59 Å². The zero-order valence-corrected chi connectivity index (χ0v) is 22.0. The summed E-state index contributed by atoms with van der Waals surface area (Å²) in [5, 5.41) is 3.11. The molecular weight excluding hydrogens is 450 g/mol. The van der Waals surface area contributed by atoms with Gasteiger partial charge in [0.25, 0.3) is 0 Å². The first-order chi connectivity index (χ1) is 17.4. The van der Waals surface area contributed by atoms with Crippen LogP contribution in [0, 0.1) is 5.92 Å². The Morgan fingerprint density at radius 2 is 1.72 bits per heavy atom. The molecule has 6 heteroatoms.